The van der Waals surface area contributed by atoms with Gasteiger partial charge < -0.3 is 14.6 Å². The van der Waals surface area contributed by atoms with Crippen molar-refractivity contribution >= 4 is 11.8 Å². The van der Waals surface area contributed by atoms with Gasteiger partial charge in [0.1, 0.15) is 17.5 Å². The second kappa shape index (κ2) is 8.84. The first-order valence-electron chi connectivity index (χ1n) is 10.1. The average molecular weight is 414 g/mol. The summed E-state index contributed by atoms with van der Waals surface area (Å²) in [7, 11) is 0. The van der Waals surface area contributed by atoms with Gasteiger partial charge in [0.05, 0.1) is 24.1 Å². The van der Waals surface area contributed by atoms with Crippen molar-refractivity contribution in [3.8, 4) is 6.07 Å². The lowest BCUT2D eigenvalue weighted by Gasteiger charge is -2.22. The molecule has 1 aromatic carbocycles. The Labute approximate surface area is 180 Å². The quantitative estimate of drug-likeness (QED) is 0.637. The molecular formula is C24H22N4O3. The molecule has 1 saturated carbocycles. The Morgan fingerprint density at radius 1 is 1.16 bits per heavy atom. The van der Waals surface area contributed by atoms with E-state index >= 15 is 0 Å². The van der Waals surface area contributed by atoms with Gasteiger partial charge in [0.15, 0.2) is 0 Å². The average Bonchev–Trinajstić information content (AvgIpc) is 3.44. The highest BCUT2D eigenvalue weighted by Crippen LogP contribution is 2.20. The zero-order valence-corrected chi connectivity index (χ0v) is 17.2. The van der Waals surface area contributed by atoms with Crippen LogP contribution in [-0.4, -0.2) is 27.7 Å². The van der Waals surface area contributed by atoms with Crippen molar-refractivity contribution < 1.29 is 14.0 Å². The third-order valence-corrected chi connectivity index (χ3v) is 5.14. The standard InChI is InChI=1S/C24H22N4O3/c1-16-19(13-25)8-11-22(26-16)24(30)28(15-21-3-2-12-31-21)14-17-4-6-18(7-5-17)23(29)27-20-9-10-20/h2-8,11-12,20H,9-10,14-15H2,1H3,(H,27,29). The molecule has 0 aliphatic heterocycles. The molecule has 0 unspecified atom stereocenters. The normalized spacial score (nSPS) is 12.8. The Bertz CT molecular complexity index is 1130. The third-order valence-electron chi connectivity index (χ3n) is 5.14. The van der Waals surface area contributed by atoms with Crippen LogP contribution in [0.5, 0.6) is 0 Å². The van der Waals surface area contributed by atoms with E-state index in [2.05, 4.69) is 16.4 Å². The van der Waals surface area contributed by atoms with Crippen molar-refractivity contribution in [3.05, 3.63) is 88.6 Å². The molecule has 31 heavy (non-hydrogen) atoms. The highest BCUT2D eigenvalue weighted by molar-refractivity contribution is 5.94. The van der Waals surface area contributed by atoms with E-state index in [1.54, 1.807) is 48.4 Å². The summed E-state index contributed by atoms with van der Waals surface area (Å²) in [5.74, 6) is 0.313. The first kappa shape index (κ1) is 20.4. The molecule has 1 N–H and O–H groups in total. The Morgan fingerprint density at radius 3 is 2.55 bits per heavy atom. The lowest BCUT2D eigenvalue weighted by molar-refractivity contribution is 0.0711. The number of aryl methyl sites for hydroxylation is 1. The van der Waals surface area contributed by atoms with Crippen LogP contribution in [0.1, 0.15) is 56.3 Å². The second-order valence-electron chi connectivity index (χ2n) is 7.63. The van der Waals surface area contributed by atoms with Gasteiger partial charge in [-0.2, -0.15) is 5.26 Å². The fourth-order valence-electron chi connectivity index (χ4n) is 3.23. The number of furan rings is 1. The fourth-order valence-corrected chi connectivity index (χ4v) is 3.23. The molecule has 2 aromatic heterocycles. The maximum absolute atomic E-state index is 13.2. The van der Waals surface area contributed by atoms with Crippen molar-refractivity contribution in [1.82, 2.24) is 15.2 Å². The molecule has 1 aliphatic rings. The molecule has 0 radical (unpaired) electrons. The Morgan fingerprint density at radius 2 is 1.94 bits per heavy atom. The van der Waals surface area contributed by atoms with E-state index in [0.29, 0.717) is 35.2 Å². The molecule has 2 amide bonds. The largest absolute Gasteiger partial charge is 0.467 e. The van der Waals surface area contributed by atoms with E-state index in [4.69, 9.17) is 9.68 Å². The van der Waals surface area contributed by atoms with E-state index in [9.17, 15) is 9.59 Å². The Balaban J connectivity index is 1.53. The summed E-state index contributed by atoms with van der Waals surface area (Å²) in [6, 6.07) is 16.4. The van der Waals surface area contributed by atoms with E-state index in [-0.39, 0.29) is 24.1 Å². The predicted octanol–water partition coefficient (Wildman–Crippen LogP) is 3.59. The van der Waals surface area contributed by atoms with Gasteiger partial charge in [-0.25, -0.2) is 4.98 Å². The number of benzene rings is 1. The number of carbonyl (C=O) groups excluding carboxylic acids is 2. The number of hydrogen-bond acceptors (Lipinski definition) is 5. The molecule has 156 valence electrons. The number of carbonyl (C=O) groups is 2. The van der Waals surface area contributed by atoms with Crippen molar-refractivity contribution in [1.29, 1.82) is 5.26 Å². The van der Waals surface area contributed by atoms with Crippen molar-refractivity contribution in [2.24, 2.45) is 0 Å². The molecule has 1 fully saturated rings. The first-order valence-corrected chi connectivity index (χ1v) is 10.1. The minimum Gasteiger partial charge on any atom is -0.467 e. The number of hydrogen-bond donors (Lipinski definition) is 1. The van der Waals surface area contributed by atoms with Crippen LogP contribution in [0.15, 0.2) is 59.2 Å². The van der Waals surface area contributed by atoms with Crippen LogP contribution >= 0.6 is 0 Å². The molecular weight excluding hydrogens is 392 g/mol. The monoisotopic (exact) mass is 414 g/mol. The molecule has 4 rings (SSSR count). The summed E-state index contributed by atoms with van der Waals surface area (Å²) < 4.78 is 5.43. The molecule has 7 heteroatoms. The predicted molar refractivity (Wildman–Crippen MR) is 113 cm³/mol. The van der Waals surface area contributed by atoms with Gasteiger partial charge in [-0.15, -0.1) is 0 Å². The maximum Gasteiger partial charge on any atom is 0.273 e. The molecule has 0 atom stereocenters. The highest BCUT2D eigenvalue weighted by atomic mass is 16.3. The van der Waals surface area contributed by atoms with Gasteiger partial charge in [-0.3, -0.25) is 9.59 Å². The summed E-state index contributed by atoms with van der Waals surface area (Å²) in [5, 5.41) is 12.1. The van der Waals surface area contributed by atoms with Crippen LogP contribution in [0.2, 0.25) is 0 Å². The van der Waals surface area contributed by atoms with Crippen LogP contribution in [0.25, 0.3) is 0 Å². The van der Waals surface area contributed by atoms with Crippen LogP contribution in [0, 0.1) is 18.3 Å². The summed E-state index contributed by atoms with van der Waals surface area (Å²) in [4.78, 5) is 31.3. The molecule has 0 saturated heterocycles. The number of rotatable bonds is 7. The molecule has 0 spiro atoms. The van der Waals surface area contributed by atoms with E-state index in [1.165, 1.54) is 0 Å². The zero-order chi connectivity index (χ0) is 21.8. The van der Waals surface area contributed by atoms with Gasteiger partial charge in [0, 0.05) is 18.2 Å². The maximum atomic E-state index is 13.2. The summed E-state index contributed by atoms with van der Waals surface area (Å²) in [6.07, 6.45) is 3.64. The van der Waals surface area contributed by atoms with E-state index in [1.807, 2.05) is 18.2 Å². The lowest BCUT2D eigenvalue weighted by atomic mass is 10.1. The lowest BCUT2D eigenvalue weighted by Crippen LogP contribution is -2.31. The number of aromatic nitrogens is 1. The SMILES string of the molecule is Cc1nc(C(=O)N(Cc2ccc(C(=O)NC3CC3)cc2)Cc2ccco2)ccc1C#N. The smallest absolute Gasteiger partial charge is 0.273 e. The van der Waals surface area contributed by atoms with Gasteiger partial charge in [0.2, 0.25) is 0 Å². The number of nitrogens with zero attached hydrogens (tertiary/aromatic N) is 3. The van der Waals surface area contributed by atoms with Crippen LogP contribution < -0.4 is 5.32 Å². The number of nitrogens with one attached hydrogen (secondary N) is 1. The second-order valence-corrected chi connectivity index (χ2v) is 7.63. The number of nitriles is 1. The van der Waals surface area contributed by atoms with E-state index < -0.39 is 0 Å². The van der Waals surface area contributed by atoms with E-state index in [0.717, 1.165) is 18.4 Å². The third kappa shape index (κ3) is 4.98. The van der Waals surface area contributed by atoms with Gasteiger partial charge in [-0.05, 0) is 61.7 Å². The zero-order valence-electron chi connectivity index (χ0n) is 17.2. The molecule has 0 bridgehead atoms. The van der Waals surface area contributed by atoms with Crippen molar-refractivity contribution in [3.63, 3.8) is 0 Å². The Kier molecular flexibility index (Phi) is 5.80. The molecule has 2 heterocycles. The van der Waals surface area contributed by atoms with Gasteiger partial charge in [0.25, 0.3) is 11.8 Å². The fraction of sp³-hybridized carbons (Fsp3) is 0.250. The molecule has 3 aromatic rings. The summed E-state index contributed by atoms with van der Waals surface area (Å²) in [5.41, 5.74) is 2.70. The highest BCUT2D eigenvalue weighted by Gasteiger charge is 2.24. The van der Waals surface area contributed by atoms with Crippen LogP contribution in [-0.2, 0) is 13.1 Å². The van der Waals surface area contributed by atoms with Gasteiger partial charge in [-0.1, -0.05) is 12.1 Å². The summed E-state index contributed by atoms with van der Waals surface area (Å²) in [6.45, 7) is 2.30. The van der Waals surface area contributed by atoms with Gasteiger partial charge >= 0.3 is 0 Å². The first-order chi connectivity index (χ1) is 15.0. The molecule has 1 aliphatic carbocycles. The van der Waals surface area contributed by atoms with Crippen LogP contribution in [0.3, 0.4) is 0 Å². The van der Waals surface area contributed by atoms with Crippen molar-refractivity contribution in [2.75, 3.05) is 0 Å². The topological polar surface area (TPSA) is 99.2 Å². The van der Waals surface area contributed by atoms with Crippen molar-refractivity contribution in [2.45, 2.75) is 38.9 Å². The van der Waals surface area contributed by atoms with Crippen LogP contribution in [0.4, 0.5) is 0 Å². The minimum absolute atomic E-state index is 0.0742. The summed E-state index contributed by atoms with van der Waals surface area (Å²) >= 11 is 0. The number of amides is 2. The molecule has 7 nitrogen and oxygen atoms in total. The number of pyridine rings is 1. The minimum atomic E-state index is -0.264. The Hall–Kier alpha value is -3.92.